The van der Waals surface area contributed by atoms with Crippen LogP contribution in [0, 0.1) is 13.8 Å². The van der Waals surface area contributed by atoms with E-state index in [-0.39, 0.29) is 0 Å². The summed E-state index contributed by atoms with van der Waals surface area (Å²) >= 11 is 7.85. The fourth-order valence-corrected chi connectivity index (χ4v) is 4.10. The Labute approximate surface area is 165 Å². The normalized spacial score (nSPS) is 11.1. The Morgan fingerprint density at radius 3 is 2.81 bits per heavy atom. The zero-order valence-electron chi connectivity index (χ0n) is 15.2. The van der Waals surface area contributed by atoms with Crippen LogP contribution in [0.3, 0.4) is 0 Å². The molecule has 138 valence electrons. The number of anilines is 1. The molecule has 8 heteroatoms. The summed E-state index contributed by atoms with van der Waals surface area (Å²) in [5.41, 5.74) is 2.19. The van der Waals surface area contributed by atoms with Crippen molar-refractivity contribution in [2.24, 2.45) is 0 Å². The van der Waals surface area contributed by atoms with Gasteiger partial charge in [-0.3, -0.25) is 4.57 Å². The van der Waals surface area contributed by atoms with E-state index < -0.39 is 0 Å². The van der Waals surface area contributed by atoms with E-state index >= 15 is 0 Å². The van der Waals surface area contributed by atoms with Gasteiger partial charge in [0.1, 0.15) is 22.2 Å². The van der Waals surface area contributed by atoms with Crippen LogP contribution in [-0.2, 0) is 6.54 Å². The maximum Gasteiger partial charge on any atom is 0.238 e. The van der Waals surface area contributed by atoms with Crippen LogP contribution in [-0.4, -0.2) is 26.6 Å². The summed E-state index contributed by atoms with van der Waals surface area (Å²) in [6, 6.07) is 5.75. The number of methoxy groups -OCH3 is 1. The predicted octanol–water partition coefficient (Wildman–Crippen LogP) is 4.77. The number of rotatable bonds is 5. The highest BCUT2D eigenvalue weighted by Crippen LogP contribution is 2.31. The van der Waals surface area contributed by atoms with Crippen LogP contribution < -0.4 is 10.1 Å². The van der Waals surface area contributed by atoms with Gasteiger partial charge in [0.25, 0.3) is 0 Å². The number of nitrogens with one attached hydrogen (secondary N) is 1. The molecule has 0 aliphatic carbocycles. The van der Waals surface area contributed by atoms with E-state index in [1.54, 1.807) is 24.6 Å². The molecule has 6 nitrogen and oxygen atoms in total. The lowest BCUT2D eigenvalue weighted by molar-refractivity contribution is 0.415. The molecule has 0 aliphatic rings. The monoisotopic (exact) mass is 399 g/mol. The van der Waals surface area contributed by atoms with Crippen LogP contribution in [0.15, 0.2) is 36.0 Å². The Bertz CT molecular complexity index is 1120. The number of thiophene rings is 1. The fourth-order valence-electron chi connectivity index (χ4n) is 2.90. The first-order valence-corrected chi connectivity index (χ1v) is 9.65. The number of aryl methyl sites for hydroxylation is 2. The van der Waals surface area contributed by atoms with Crippen LogP contribution in [0.25, 0.3) is 16.2 Å². The van der Waals surface area contributed by atoms with Crippen LogP contribution >= 0.6 is 22.9 Å². The first-order valence-electron chi connectivity index (χ1n) is 8.39. The third-order valence-corrected chi connectivity index (χ3v) is 5.61. The average molecular weight is 400 g/mol. The number of hydrogen-bond acceptors (Lipinski definition) is 6. The molecule has 4 aromatic rings. The molecule has 0 saturated carbocycles. The Hall–Kier alpha value is -2.64. The number of halogens is 1. The Kier molecular flexibility index (Phi) is 4.72. The van der Waals surface area contributed by atoms with Crippen molar-refractivity contribution in [3.63, 3.8) is 0 Å². The minimum absolute atomic E-state index is 0.589. The Morgan fingerprint density at radius 2 is 2.11 bits per heavy atom. The number of hydrogen-bond donors (Lipinski definition) is 1. The highest BCUT2D eigenvalue weighted by atomic mass is 35.5. The lowest BCUT2D eigenvalue weighted by atomic mass is 10.2. The first kappa shape index (κ1) is 17.8. The van der Waals surface area contributed by atoms with E-state index in [2.05, 4.69) is 22.6 Å². The number of fused-ring (bicyclic) bond motifs is 1. The first-order chi connectivity index (χ1) is 13.1. The van der Waals surface area contributed by atoms with Crippen molar-refractivity contribution >= 4 is 39.0 Å². The van der Waals surface area contributed by atoms with Gasteiger partial charge in [0.15, 0.2) is 0 Å². The number of nitrogens with zero attached hydrogens (tertiary/aromatic N) is 4. The lowest BCUT2D eigenvalue weighted by Gasteiger charge is -2.11. The molecule has 0 amide bonds. The van der Waals surface area contributed by atoms with Gasteiger partial charge < -0.3 is 10.1 Å². The second kappa shape index (κ2) is 7.17. The third kappa shape index (κ3) is 3.36. The molecule has 1 N–H and O–H groups in total. The summed E-state index contributed by atoms with van der Waals surface area (Å²) in [5, 5.41) is 7.17. The topological polar surface area (TPSA) is 64.9 Å². The summed E-state index contributed by atoms with van der Waals surface area (Å²) in [5.74, 6) is 2.91. The van der Waals surface area contributed by atoms with Gasteiger partial charge in [-0.1, -0.05) is 17.7 Å². The van der Waals surface area contributed by atoms with Crippen LogP contribution in [0.5, 0.6) is 5.75 Å². The second-order valence-corrected chi connectivity index (χ2v) is 7.40. The highest BCUT2D eigenvalue weighted by molar-refractivity contribution is 7.17. The molecule has 0 atom stereocenters. The second-order valence-electron chi connectivity index (χ2n) is 6.14. The van der Waals surface area contributed by atoms with Gasteiger partial charge >= 0.3 is 0 Å². The summed E-state index contributed by atoms with van der Waals surface area (Å²) in [6.45, 7) is 4.59. The molecule has 0 fully saturated rings. The van der Waals surface area contributed by atoms with Crippen LogP contribution in [0.2, 0.25) is 5.02 Å². The summed E-state index contributed by atoms with van der Waals surface area (Å²) in [4.78, 5) is 14.7. The number of ether oxygens (including phenoxy) is 1. The largest absolute Gasteiger partial charge is 0.495 e. The van der Waals surface area contributed by atoms with Gasteiger partial charge in [0.2, 0.25) is 5.95 Å². The maximum absolute atomic E-state index is 6.24. The standard InChI is InChI=1S/C19H18ClN5OS/c1-11-10-27-18-16(11)17(23-19(24-18)25-7-6-21-12(25)2)22-9-13-4-5-15(26-3)14(20)8-13/h4-8,10H,9H2,1-3H3,(H,22,23,24). The number of aromatic nitrogens is 4. The van der Waals surface area contributed by atoms with Gasteiger partial charge in [0.05, 0.1) is 17.5 Å². The van der Waals surface area contributed by atoms with E-state index in [9.17, 15) is 0 Å². The summed E-state index contributed by atoms with van der Waals surface area (Å²) in [6.07, 6.45) is 3.61. The van der Waals surface area contributed by atoms with Crippen molar-refractivity contribution in [1.82, 2.24) is 19.5 Å². The van der Waals surface area contributed by atoms with E-state index in [4.69, 9.17) is 26.3 Å². The zero-order chi connectivity index (χ0) is 19.0. The molecule has 27 heavy (non-hydrogen) atoms. The predicted molar refractivity (Wildman–Crippen MR) is 109 cm³/mol. The van der Waals surface area contributed by atoms with Crippen LogP contribution in [0.1, 0.15) is 17.0 Å². The van der Waals surface area contributed by atoms with Gasteiger partial charge in [-0.25, -0.2) is 9.97 Å². The molecule has 0 aliphatic heterocycles. The van der Waals surface area contributed by atoms with Crippen molar-refractivity contribution in [3.05, 3.63) is 57.9 Å². The zero-order valence-corrected chi connectivity index (χ0v) is 16.7. The molecule has 0 saturated heterocycles. The van der Waals surface area contributed by atoms with Gasteiger partial charge in [-0.2, -0.15) is 4.98 Å². The molecule has 0 spiro atoms. The smallest absolute Gasteiger partial charge is 0.238 e. The minimum Gasteiger partial charge on any atom is -0.495 e. The van der Waals surface area contributed by atoms with Gasteiger partial charge in [-0.15, -0.1) is 11.3 Å². The summed E-state index contributed by atoms with van der Waals surface area (Å²) in [7, 11) is 1.61. The fraction of sp³-hybridized carbons (Fsp3) is 0.211. The number of benzene rings is 1. The van der Waals surface area contributed by atoms with Crippen molar-refractivity contribution in [3.8, 4) is 11.7 Å². The van der Waals surface area contributed by atoms with E-state index in [1.165, 1.54) is 0 Å². The Balaban J connectivity index is 1.71. The molecule has 3 aromatic heterocycles. The van der Waals surface area contributed by atoms with Gasteiger partial charge in [0, 0.05) is 18.9 Å². The van der Waals surface area contributed by atoms with E-state index in [1.807, 2.05) is 35.9 Å². The molecule has 4 rings (SSSR count). The molecule has 0 bridgehead atoms. The SMILES string of the molecule is COc1ccc(CNc2nc(-n3ccnc3C)nc3scc(C)c23)cc1Cl. The Morgan fingerprint density at radius 1 is 1.26 bits per heavy atom. The minimum atomic E-state index is 0.589. The number of imidazole rings is 1. The highest BCUT2D eigenvalue weighted by Gasteiger charge is 2.14. The molecular formula is C19H18ClN5OS. The van der Waals surface area contributed by atoms with Crippen molar-refractivity contribution in [1.29, 1.82) is 0 Å². The molecule has 3 heterocycles. The van der Waals surface area contributed by atoms with E-state index in [0.717, 1.165) is 33.0 Å². The average Bonchev–Trinajstić information content (AvgIpc) is 3.25. The third-order valence-electron chi connectivity index (χ3n) is 4.32. The van der Waals surface area contributed by atoms with Crippen molar-refractivity contribution in [2.45, 2.75) is 20.4 Å². The molecule has 0 unspecified atom stereocenters. The van der Waals surface area contributed by atoms with Crippen molar-refractivity contribution in [2.75, 3.05) is 12.4 Å². The summed E-state index contributed by atoms with van der Waals surface area (Å²) < 4.78 is 7.09. The lowest BCUT2D eigenvalue weighted by Crippen LogP contribution is -2.08. The quantitative estimate of drug-likeness (QED) is 0.523. The molecular weight excluding hydrogens is 382 g/mol. The molecule has 1 aromatic carbocycles. The van der Waals surface area contributed by atoms with Crippen LogP contribution in [0.4, 0.5) is 5.82 Å². The molecule has 0 radical (unpaired) electrons. The van der Waals surface area contributed by atoms with Gasteiger partial charge in [-0.05, 0) is 42.5 Å². The maximum atomic E-state index is 6.24. The van der Waals surface area contributed by atoms with E-state index in [0.29, 0.717) is 23.3 Å². The van der Waals surface area contributed by atoms with Crippen molar-refractivity contribution < 1.29 is 4.74 Å².